The molecule has 0 amide bonds. The third-order valence-corrected chi connectivity index (χ3v) is 2.89. The van der Waals surface area contributed by atoms with Crippen LogP contribution in [0.15, 0.2) is 36.7 Å². The van der Waals surface area contributed by atoms with E-state index in [0.29, 0.717) is 22.7 Å². The molecule has 92 valence electrons. The number of imidazole rings is 1. The van der Waals surface area contributed by atoms with E-state index < -0.39 is 0 Å². The summed E-state index contributed by atoms with van der Waals surface area (Å²) in [6, 6.07) is 9.42. The molecule has 0 aliphatic rings. The molecule has 0 atom stereocenters. The summed E-state index contributed by atoms with van der Waals surface area (Å²) in [6.07, 6.45) is 3.31. The van der Waals surface area contributed by atoms with Crippen LogP contribution in [-0.4, -0.2) is 22.1 Å². The average molecular weight is 250 g/mol. The number of aromatic nitrogens is 3. The minimum atomic E-state index is 0.549. The van der Waals surface area contributed by atoms with E-state index in [4.69, 9.17) is 10.00 Å². The van der Waals surface area contributed by atoms with Crippen molar-refractivity contribution in [2.24, 2.45) is 0 Å². The Bertz CT molecular complexity index is 785. The summed E-state index contributed by atoms with van der Waals surface area (Å²) in [5.74, 6) is 1.30. The van der Waals surface area contributed by atoms with Crippen LogP contribution in [0.3, 0.4) is 0 Å². The Morgan fingerprint density at radius 3 is 3.00 bits per heavy atom. The number of ether oxygens (including phenoxy) is 1. The summed E-state index contributed by atoms with van der Waals surface area (Å²) >= 11 is 0. The van der Waals surface area contributed by atoms with Gasteiger partial charge in [0, 0.05) is 6.20 Å². The van der Waals surface area contributed by atoms with E-state index in [1.165, 1.54) is 0 Å². The van der Waals surface area contributed by atoms with Crippen molar-refractivity contribution in [1.29, 1.82) is 5.26 Å². The number of aromatic amines is 1. The number of para-hydroxylation sites is 1. The molecule has 0 unspecified atom stereocenters. The Kier molecular flexibility index (Phi) is 2.62. The van der Waals surface area contributed by atoms with E-state index in [0.717, 1.165) is 11.1 Å². The van der Waals surface area contributed by atoms with Crippen LogP contribution >= 0.6 is 0 Å². The Morgan fingerprint density at radius 2 is 2.21 bits per heavy atom. The summed E-state index contributed by atoms with van der Waals surface area (Å²) in [7, 11) is 1.59. The third kappa shape index (κ3) is 1.79. The maximum absolute atomic E-state index is 9.08. The van der Waals surface area contributed by atoms with Crippen LogP contribution in [-0.2, 0) is 0 Å². The fourth-order valence-electron chi connectivity index (χ4n) is 1.99. The largest absolute Gasteiger partial charge is 0.494 e. The van der Waals surface area contributed by atoms with E-state index in [1.54, 1.807) is 25.6 Å². The highest BCUT2D eigenvalue weighted by molar-refractivity contribution is 5.85. The van der Waals surface area contributed by atoms with E-state index in [9.17, 15) is 0 Å². The van der Waals surface area contributed by atoms with Gasteiger partial charge < -0.3 is 9.72 Å². The van der Waals surface area contributed by atoms with Crippen molar-refractivity contribution in [2.75, 3.05) is 7.11 Å². The number of nitrogens with one attached hydrogen (secondary N) is 1. The molecule has 0 bridgehead atoms. The molecular weight excluding hydrogens is 240 g/mol. The molecule has 2 aromatic heterocycles. The predicted molar refractivity (Wildman–Crippen MR) is 70.6 cm³/mol. The van der Waals surface area contributed by atoms with Crippen molar-refractivity contribution in [3.63, 3.8) is 0 Å². The predicted octanol–water partition coefficient (Wildman–Crippen LogP) is 2.51. The smallest absolute Gasteiger partial charge is 0.148 e. The average Bonchev–Trinajstić information content (AvgIpc) is 2.90. The van der Waals surface area contributed by atoms with Gasteiger partial charge in [-0.25, -0.2) is 4.98 Å². The molecule has 3 aromatic rings. The molecule has 5 nitrogen and oxygen atoms in total. The van der Waals surface area contributed by atoms with Gasteiger partial charge in [-0.15, -0.1) is 0 Å². The zero-order chi connectivity index (χ0) is 13.2. The van der Waals surface area contributed by atoms with Crippen LogP contribution in [0.1, 0.15) is 5.56 Å². The highest BCUT2D eigenvalue weighted by Crippen LogP contribution is 2.28. The molecule has 0 spiro atoms. The van der Waals surface area contributed by atoms with Crippen molar-refractivity contribution in [3.05, 3.63) is 42.2 Å². The molecule has 0 saturated carbocycles. The molecular formula is C14H10N4O. The van der Waals surface area contributed by atoms with Crippen LogP contribution in [0.4, 0.5) is 0 Å². The van der Waals surface area contributed by atoms with Crippen LogP contribution in [0, 0.1) is 11.3 Å². The second-order valence-corrected chi connectivity index (χ2v) is 3.97. The maximum Gasteiger partial charge on any atom is 0.148 e. The first-order chi connectivity index (χ1) is 9.33. The Balaban J connectivity index is 2.24. The maximum atomic E-state index is 9.08. The van der Waals surface area contributed by atoms with Crippen LogP contribution in [0.5, 0.6) is 5.75 Å². The summed E-state index contributed by atoms with van der Waals surface area (Å²) < 4.78 is 5.26. The first-order valence-corrected chi connectivity index (χ1v) is 5.70. The van der Waals surface area contributed by atoms with Gasteiger partial charge in [-0.1, -0.05) is 6.07 Å². The molecule has 0 fully saturated rings. The Morgan fingerprint density at radius 1 is 1.32 bits per heavy atom. The molecule has 0 saturated heterocycles. The molecule has 1 aromatic carbocycles. The van der Waals surface area contributed by atoms with E-state index >= 15 is 0 Å². The number of methoxy groups -OCH3 is 1. The first-order valence-electron chi connectivity index (χ1n) is 5.70. The summed E-state index contributed by atoms with van der Waals surface area (Å²) in [4.78, 5) is 11.7. The lowest BCUT2D eigenvalue weighted by atomic mass is 10.2. The topological polar surface area (TPSA) is 74.6 Å². The fraction of sp³-hybridized carbons (Fsp3) is 0.0714. The lowest BCUT2D eigenvalue weighted by molar-refractivity contribution is 0.414. The van der Waals surface area contributed by atoms with E-state index in [-0.39, 0.29) is 0 Å². The van der Waals surface area contributed by atoms with Gasteiger partial charge in [0.05, 0.1) is 30.0 Å². The van der Waals surface area contributed by atoms with Gasteiger partial charge in [0.1, 0.15) is 23.2 Å². The Hall–Kier alpha value is -2.87. The first kappa shape index (κ1) is 11.2. The molecule has 1 N–H and O–H groups in total. The van der Waals surface area contributed by atoms with Crippen molar-refractivity contribution < 1.29 is 4.74 Å². The quantitative estimate of drug-likeness (QED) is 0.758. The number of pyridine rings is 1. The zero-order valence-electron chi connectivity index (χ0n) is 10.2. The molecule has 3 rings (SSSR count). The molecule has 5 heteroatoms. The number of fused-ring (bicyclic) bond motifs is 1. The van der Waals surface area contributed by atoms with Gasteiger partial charge in [0.15, 0.2) is 0 Å². The lowest BCUT2D eigenvalue weighted by Crippen LogP contribution is -1.90. The van der Waals surface area contributed by atoms with E-state index in [2.05, 4.69) is 21.0 Å². The van der Waals surface area contributed by atoms with Gasteiger partial charge in [0.25, 0.3) is 0 Å². The van der Waals surface area contributed by atoms with Crippen molar-refractivity contribution in [3.8, 4) is 23.2 Å². The SMILES string of the molecule is COc1cnccc1-c1nc2c(C#N)cccc2[nH]1. The van der Waals surface area contributed by atoms with Gasteiger partial charge in [-0.3, -0.25) is 4.98 Å². The highest BCUT2D eigenvalue weighted by atomic mass is 16.5. The minimum absolute atomic E-state index is 0.549. The number of nitriles is 1. The fourth-order valence-corrected chi connectivity index (χ4v) is 1.99. The second-order valence-electron chi connectivity index (χ2n) is 3.97. The number of hydrogen-bond donors (Lipinski definition) is 1. The lowest BCUT2D eigenvalue weighted by Gasteiger charge is -2.03. The molecule has 0 aliphatic carbocycles. The number of H-pyrrole nitrogens is 1. The van der Waals surface area contributed by atoms with Gasteiger partial charge >= 0.3 is 0 Å². The molecule has 19 heavy (non-hydrogen) atoms. The second kappa shape index (κ2) is 4.42. The van der Waals surface area contributed by atoms with Crippen molar-refractivity contribution in [2.45, 2.75) is 0 Å². The highest BCUT2D eigenvalue weighted by Gasteiger charge is 2.12. The van der Waals surface area contributed by atoms with Crippen molar-refractivity contribution >= 4 is 11.0 Å². The van der Waals surface area contributed by atoms with Gasteiger partial charge in [-0.2, -0.15) is 5.26 Å². The number of nitrogens with zero attached hydrogens (tertiary/aromatic N) is 3. The third-order valence-electron chi connectivity index (χ3n) is 2.89. The van der Waals surface area contributed by atoms with E-state index in [1.807, 2.05) is 18.2 Å². The van der Waals surface area contributed by atoms with Gasteiger partial charge in [0.2, 0.25) is 0 Å². The summed E-state index contributed by atoms with van der Waals surface area (Å²) in [5.41, 5.74) is 2.86. The molecule has 2 heterocycles. The summed E-state index contributed by atoms with van der Waals surface area (Å²) in [6.45, 7) is 0. The Labute approximate surface area is 109 Å². The normalized spacial score (nSPS) is 10.3. The standard InChI is InChI=1S/C14H10N4O/c1-19-12-8-16-6-5-10(12)14-17-11-4-2-3-9(7-15)13(11)18-14/h2-6,8H,1H3,(H,17,18). The number of hydrogen-bond acceptors (Lipinski definition) is 4. The van der Waals surface area contributed by atoms with Crippen LogP contribution in [0.2, 0.25) is 0 Å². The monoisotopic (exact) mass is 250 g/mol. The van der Waals surface area contributed by atoms with Crippen molar-refractivity contribution in [1.82, 2.24) is 15.0 Å². The molecule has 0 aliphatic heterocycles. The number of benzene rings is 1. The minimum Gasteiger partial charge on any atom is -0.494 e. The van der Waals surface area contributed by atoms with Crippen LogP contribution in [0.25, 0.3) is 22.4 Å². The summed E-state index contributed by atoms with van der Waals surface area (Å²) in [5, 5.41) is 9.08. The number of rotatable bonds is 2. The molecule has 0 radical (unpaired) electrons. The zero-order valence-corrected chi connectivity index (χ0v) is 10.2. The van der Waals surface area contributed by atoms with Crippen LogP contribution < -0.4 is 4.74 Å². The van der Waals surface area contributed by atoms with Gasteiger partial charge in [-0.05, 0) is 18.2 Å².